The second kappa shape index (κ2) is 10.2. The van der Waals surface area contributed by atoms with Gasteiger partial charge in [0, 0.05) is 20.0 Å². The van der Waals surface area contributed by atoms with Gasteiger partial charge in [0.15, 0.2) is 0 Å². The average molecular weight is 593 g/mol. The lowest BCUT2D eigenvalue weighted by Gasteiger charge is -2.35. The maximum absolute atomic E-state index is 13.3. The van der Waals surface area contributed by atoms with E-state index in [0.29, 0.717) is 17.7 Å². The van der Waals surface area contributed by atoms with Crippen molar-refractivity contribution < 1.29 is 43.7 Å². The fourth-order valence-electron chi connectivity index (χ4n) is 4.16. The van der Waals surface area contributed by atoms with Gasteiger partial charge in [-0.05, 0) is 41.5 Å². The minimum absolute atomic E-state index is 0.00393. The van der Waals surface area contributed by atoms with E-state index in [4.69, 9.17) is 27.4 Å². The number of urea groups is 1. The summed E-state index contributed by atoms with van der Waals surface area (Å²) in [7, 11) is -2.47. The zero-order chi connectivity index (χ0) is 28.0. The van der Waals surface area contributed by atoms with Gasteiger partial charge in [0.1, 0.15) is 0 Å². The van der Waals surface area contributed by atoms with Crippen LogP contribution in [0.1, 0.15) is 28.7 Å². The standard InChI is InChI=1S/C22H20Cl2F6N2O4S/c1-31-19(33)32(11-13-7-15(21(25,26)27)9-16(8-13)22(28,29)30)12-20(31,5-6-36-37(2,34)35)14-3-4-17(23)18(24)10-14/h3-4,7-10H,5-6,11-12H2,1-2H3. The van der Waals surface area contributed by atoms with Crippen LogP contribution in [0.4, 0.5) is 31.1 Å². The molecule has 1 atom stereocenters. The number of nitrogens with zero attached hydrogens (tertiary/aromatic N) is 2. The van der Waals surface area contributed by atoms with Gasteiger partial charge in [-0.1, -0.05) is 29.3 Å². The highest BCUT2D eigenvalue weighted by atomic mass is 35.5. The summed E-state index contributed by atoms with van der Waals surface area (Å²) in [5, 5.41) is 0.315. The Morgan fingerprint density at radius 2 is 1.54 bits per heavy atom. The van der Waals surface area contributed by atoms with Crippen LogP contribution in [0.2, 0.25) is 10.0 Å². The maximum atomic E-state index is 13.3. The van der Waals surface area contributed by atoms with E-state index < -0.39 is 51.7 Å². The molecule has 0 saturated carbocycles. The topological polar surface area (TPSA) is 66.9 Å². The molecule has 1 saturated heterocycles. The normalized spacial score (nSPS) is 19.1. The Labute approximate surface area is 218 Å². The Balaban J connectivity index is 2.03. The molecule has 204 valence electrons. The molecule has 2 aromatic rings. The van der Waals surface area contributed by atoms with Crippen molar-refractivity contribution in [2.45, 2.75) is 30.9 Å². The Hall–Kier alpha value is -2.22. The highest BCUT2D eigenvalue weighted by Gasteiger charge is 2.49. The third-order valence-electron chi connectivity index (χ3n) is 5.94. The highest BCUT2D eigenvalue weighted by molar-refractivity contribution is 7.85. The molecule has 0 radical (unpaired) electrons. The molecular formula is C22H20Cl2F6N2O4S. The number of alkyl halides is 6. The van der Waals surface area contributed by atoms with E-state index in [1.54, 1.807) is 0 Å². The fourth-order valence-corrected chi connectivity index (χ4v) is 4.85. The second-order valence-corrected chi connectivity index (χ2v) is 11.0. The fraction of sp³-hybridized carbons (Fsp3) is 0.409. The van der Waals surface area contributed by atoms with Crippen LogP contribution in [0, 0.1) is 0 Å². The lowest BCUT2D eigenvalue weighted by molar-refractivity contribution is -0.143. The molecule has 0 aromatic heterocycles. The van der Waals surface area contributed by atoms with E-state index >= 15 is 0 Å². The van der Waals surface area contributed by atoms with E-state index in [2.05, 4.69) is 0 Å². The van der Waals surface area contributed by atoms with Crippen LogP contribution in [0.15, 0.2) is 36.4 Å². The Bertz CT molecular complexity index is 1270. The molecule has 0 spiro atoms. The number of carbonyl (C=O) groups is 1. The molecule has 1 unspecified atom stereocenters. The number of hydrogen-bond donors (Lipinski definition) is 0. The van der Waals surface area contributed by atoms with Gasteiger partial charge >= 0.3 is 18.4 Å². The zero-order valence-corrected chi connectivity index (χ0v) is 21.6. The molecule has 1 aliphatic rings. The largest absolute Gasteiger partial charge is 0.416 e. The van der Waals surface area contributed by atoms with Gasteiger partial charge in [-0.3, -0.25) is 4.18 Å². The van der Waals surface area contributed by atoms with E-state index in [1.807, 2.05) is 0 Å². The molecule has 0 aliphatic carbocycles. The Kier molecular flexibility index (Phi) is 8.05. The summed E-state index contributed by atoms with van der Waals surface area (Å²) >= 11 is 12.1. The number of carbonyl (C=O) groups excluding carboxylic acids is 1. The molecule has 37 heavy (non-hydrogen) atoms. The molecule has 15 heteroatoms. The van der Waals surface area contributed by atoms with Gasteiger partial charge in [-0.2, -0.15) is 34.8 Å². The van der Waals surface area contributed by atoms with Crippen LogP contribution in [0.25, 0.3) is 0 Å². The van der Waals surface area contributed by atoms with Crippen LogP contribution < -0.4 is 0 Å². The number of hydrogen-bond acceptors (Lipinski definition) is 4. The van der Waals surface area contributed by atoms with Gasteiger partial charge in [0.2, 0.25) is 0 Å². The van der Waals surface area contributed by atoms with Crippen LogP contribution in [0.3, 0.4) is 0 Å². The van der Waals surface area contributed by atoms with Crippen LogP contribution in [-0.2, 0) is 38.7 Å². The average Bonchev–Trinajstić information content (AvgIpc) is 2.99. The van der Waals surface area contributed by atoms with Crippen molar-refractivity contribution in [1.29, 1.82) is 0 Å². The smallest absolute Gasteiger partial charge is 0.318 e. The summed E-state index contributed by atoms with van der Waals surface area (Å²) in [4.78, 5) is 15.5. The monoisotopic (exact) mass is 592 g/mol. The van der Waals surface area contributed by atoms with Crippen LogP contribution >= 0.6 is 23.2 Å². The van der Waals surface area contributed by atoms with Crippen molar-refractivity contribution in [3.8, 4) is 0 Å². The number of halogens is 8. The van der Waals surface area contributed by atoms with E-state index in [9.17, 15) is 39.6 Å². The first-order valence-corrected chi connectivity index (χ1v) is 13.0. The van der Waals surface area contributed by atoms with Gasteiger partial charge in [-0.15, -0.1) is 0 Å². The SMILES string of the molecule is CN1C(=O)N(Cc2cc(C(F)(F)F)cc(C(F)(F)F)c2)CC1(CCOS(C)(=O)=O)c1ccc(Cl)c(Cl)c1. The summed E-state index contributed by atoms with van der Waals surface area (Å²) in [5.74, 6) is 0. The van der Waals surface area contributed by atoms with Crippen molar-refractivity contribution in [2.75, 3.05) is 26.5 Å². The van der Waals surface area contributed by atoms with E-state index in [1.165, 1.54) is 30.1 Å². The van der Waals surface area contributed by atoms with E-state index in [-0.39, 0.29) is 41.2 Å². The summed E-state index contributed by atoms with van der Waals surface area (Å²) in [6.07, 6.45) is -9.35. The first-order chi connectivity index (χ1) is 16.8. The first-order valence-electron chi connectivity index (χ1n) is 10.4. The van der Waals surface area contributed by atoms with Crippen molar-refractivity contribution in [2.24, 2.45) is 0 Å². The molecule has 2 aromatic carbocycles. The summed E-state index contributed by atoms with van der Waals surface area (Å²) in [6, 6.07) is 4.82. The number of likely N-dealkylation sites (N-methyl/N-ethyl adjacent to an activating group) is 1. The Morgan fingerprint density at radius 1 is 0.973 bits per heavy atom. The molecule has 1 heterocycles. The molecule has 1 fully saturated rings. The number of amides is 2. The highest BCUT2D eigenvalue weighted by Crippen LogP contribution is 2.42. The molecule has 3 rings (SSSR count). The molecule has 1 aliphatic heterocycles. The van der Waals surface area contributed by atoms with Crippen molar-refractivity contribution >= 4 is 39.4 Å². The predicted octanol–water partition coefficient (Wildman–Crippen LogP) is 6.16. The number of rotatable bonds is 7. The van der Waals surface area contributed by atoms with E-state index in [0.717, 1.165) is 11.2 Å². The van der Waals surface area contributed by atoms with Gasteiger partial charge in [0.25, 0.3) is 10.1 Å². The molecule has 2 amide bonds. The lowest BCUT2D eigenvalue weighted by Crippen LogP contribution is -2.43. The predicted molar refractivity (Wildman–Crippen MR) is 124 cm³/mol. The van der Waals surface area contributed by atoms with Gasteiger partial charge in [-0.25, -0.2) is 4.79 Å². The van der Waals surface area contributed by atoms with Crippen molar-refractivity contribution in [1.82, 2.24) is 9.80 Å². The summed E-state index contributed by atoms with van der Waals surface area (Å²) in [5.41, 5.74) is -4.27. The van der Waals surface area contributed by atoms with Crippen molar-refractivity contribution in [3.63, 3.8) is 0 Å². The minimum Gasteiger partial charge on any atom is -0.318 e. The molecule has 0 N–H and O–H groups in total. The van der Waals surface area contributed by atoms with Crippen LogP contribution in [0.5, 0.6) is 0 Å². The molecular weight excluding hydrogens is 573 g/mol. The maximum Gasteiger partial charge on any atom is 0.416 e. The zero-order valence-electron chi connectivity index (χ0n) is 19.3. The summed E-state index contributed by atoms with van der Waals surface area (Å²) in [6.45, 7) is -1.16. The molecule has 0 bridgehead atoms. The summed E-state index contributed by atoms with van der Waals surface area (Å²) < 4.78 is 108. The van der Waals surface area contributed by atoms with Gasteiger partial charge < -0.3 is 9.80 Å². The van der Waals surface area contributed by atoms with Crippen molar-refractivity contribution in [3.05, 3.63) is 68.7 Å². The van der Waals surface area contributed by atoms with Crippen LogP contribution in [-0.4, -0.2) is 50.7 Å². The second-order valence-electron chi connectivity index (χ2n) is 8.55. The lowest BCUT2D eigenvalue weighted by atomic mass is 9.86. The quantitative estimate of drug-likeness (QED) is 0.285. The number of benzene rings is 2. The Morgan fingerprint density at radius 3 is 2.03 bits per heavy atom. The molecule has 6 nitrogen and oxygen atoms in total. The van der Waals surface area contributed by atoms with Gasteiger partial charge in [0.05, 0.1) is 46.1 Å². The third kappa shape index (κ3) is 6.62. The third-order valence-corrected chi connectivity index (χ3v) is 7.28. The first kappa shape index (κ1) is 29.3. The minimum atomic E-state index is -5.05.